The summed E-state index contributed by atoms with van der Waals surface area (Å²) in [6.45, 7) is 19.9. The summed E-state index contributed by atoms with van der Waals surface area (Å²) < 4.78 is 0. The number of likely N-dealkylation sites (tertiary alicyclic amines) is 1. The Morgan fingerprint density at radius 2 is 1.64 bits per heavy atom. The van der Waals surface area contributed by atoms with Gasteiger partial charge in [-0.15, -0.1) is 24.0 Å². The fraction of sp³-hybridized carbons (Fsp3) is 0.947. The first-order valence-corrected chi connectivity index (χ1v) is 9.92. The highest BCUT2D eigenvalue weighted by atomic mass is 127. The minimum Gasteiger partial charge on any atom is -0.356 e. The summed E-state index contributed by atoms with van der Waals surface area (Å²) in [5, 5.41) is 3.63. The van der Waals surface area contributed by atoms with Crippen molar-refractivity contribution in [3.8, 4) is 0 Å². The van der Waals surface area contributed by atoms with Crippen LogP contribution in [0, 0.1) is 17.8 Å². The molecule has 2 heterocycles. The maximum atomic E-state index is 4.53. The summed E-state index contributed by atoms with van der Waals surface area (Å²) in [6, 6.07) is 0. The second-order valence-corrected chi connectivity index (χ2v) is 8.12. The van der Waals surface area contributed by atoms with E-state index in [2.05, 4.69) is 52.7 Å². The van der Waals surface area contributed by atoms with E-state index in [0.717, 1.165) is 37.4 Å². The SMILES string of the molecule is CCN1CCN(CC(C)CNC(=NC)N2CC(C)CC(C)C2)CC1.I. The van der Waals surface area contributed by atoms with Gasteiger partial charge in [-0.25, -0.2) is 0 Å². The van der Waals surface area contributed by atoms with E-state index in [0.29, 0.717) is 5.92 Å². The molecular formula is C19H40IN5. The maximum absolute atomic E-state index is 4.53. The molecule has 0 aromatic heterocycles. The number of halogens is 1. The molecule has 25 heavy (non-hydrogen) atoms. The van der Waals surface area contributed by atoms with E-state index in [1.807, 2.05) is 7.05 Å². The molecule has 0 bridgehead atoms. The quantitative estimate of drug-likeness (QED) is 0.384. The van der Waals surface area contributed by atoms with Crippen molar-refractivity contribution < 1.29 is 0 Å². The predicted octanol–water partition coefficient (Wildman–Crippen LogP) is 2.43. The van der Waals surface area contributed by atoms with Crippen LogP contribution in [0.15, 0.2) is 4.99 Å². The van der Waals surface area contributed by atoms with Crippen LogP contribution < -0.4 is 5.32 Å². The minimum atomic E-state index is 0. The molecule has 2 aliphatic heterocycles. The molecule has 6 heteroatoms. The van der Waals surface area contributed by atoms with Gasteiger partial charge in [0.05, 0.1) is 0 Å². The number of likely N-dealkylation sites (N-methyl/N-ethyl adjacent to an activating group) is 1. The van der Waals surface area contributed by atoms with Gasteiger partial charge < -0.3 is 20.0 Å². The van der Waals surface area contributed by atoms with Crippen LogP contribution >= 0.6 is 24.0 Å². The molecule has 3 unspecified atom stereocenters. The van der Waals surface area contributed by atoms with Crippen molar-refractivity contribution in [3.05, 3.63) is 0 Å². The van der Waals surface area contributed by atoms with E-state index in [1.54, 1.807) is 0 Å². The molecule has 0 aromatic rings. The first-order valence-electron chi connectivity index (χ1n) is 9.92. The van der Waals surface area contributed by atoms with E-state index in [4.69, 9.17) is 0 Å². The Morgan fingerprint density at radius 3 is 2.16 bits per heavy atom. The van der Waals surface area contributed by atoms with Gasteiger partial charge in [-0.1, -0.05) is 27.7 Å². The Bertz CT molecular complexity index is 385. The maximum Gasteiger partial charge on any atom is 0.193 e. The molecular weight excluding hydrogens is 425 g/mol. The zero-order valence-electron chi connectivity index (χ0n) is 17.0. The number of aliphatic imine (C=N–C) groups is 1. The lowest BCUT2D eigenvalue weighted by Gasteiger charge is -2.38. The summed E-state index contributed by atoms with van der Waals surface area (Å²) in [5.41, 5.74) is 0. The van der Waals surface area contributed by atoms with Gasteiger partial charge >= 0.3 is 0 Å². The minimum absolute atomic E-state index is 0. The molecule has 2 rings (SSSR count). The molecule has 0 radical (unpaired) electrons. The Balaban J connectivity index is 0.00000312. The van der Waals surface area contributed by atoms with E-state index in [1.165, 1.54) is 45.7 Å². The van der Waals surface area contributed by atoms with E-state index in [9.17, 15) is 0 Å². The Labute approximate surface area is 172 Å². The van der Waals surface area contributed by atoms with Crippen LogP contribution in [0.25, 0.3) is 0 Å². The number of rotatable bonds is 5. The van der Waals surface area contributed by atoms with Crippen LogP contribution in [0.5, 0.6) is 0 Å². The van der Waals surface area contributed by atoms with Crippen LogP contribution in [-0.4, -0.2) is 86.6 Å². The molecule has 2 fully saturated rings. The number of piperidine rings is 1. The lowest BCUT2D eigenvalue weighted by Crippen LogP contribution is -2.51. The van der Waals surface area contributed by atoms with Gasteiger partial charge in [-0.05, 0) is 30.7 Å². The van der Waals surface area contributed by atoms with Crippen molar-refractivity contribution in [1.82, 2.24) is 20.0 Å². The number of hydrogen-bond donors (Lipinski definition) is 1. The Morgan fingerprint density at radius 1 is 1.08 bits per heavy atom. The fourth-order valence-electron chi connectivity index (χ4n) is 4.23. The molecule has 0 aromatic carbocycles. The van der Waals surface area contributed by atoms with Crippen molar-refractivity contribution in [2.75, 3.05) is 66.0 Å². The summed E-state index contributed by atoms with van der Waals surface area (Å²) in [5.74, 6) is 3.27. The molecule has 0 aliphatic carbocycles. The summed E-state index contributed by atoms with van der Waals surface area (Å²) >= 11 is 0. The van der Waals surface area contributed by atoms with Crippen molar-refractivity contribution in [1.29, 1.82) is 0 Å². The fourth-order valence-corrected chi connectivity index (χ4v) is 4.23. The van der Waals surface area contributed by atoms with Gasteiger partial charge in [0.2, 0.25) is 0 Å². The van der Waals surface area contributed by atoms with Crippen LogP contribution in [0.1, 0.15) is 34.1 Å². The third kappa shape index (κ3) is 7.59. The predicted molar refractivity (Wildman–Crippen MR) is 119 cm³/mol. The van der Waals surface area contributed by atoms with Crippen molar-refractivity contribution in [2.45, 2.75) is 34.1 Å². The Kier molecular flexibility index (Phi) is 10.6. The zero-order chi connectivity index (χ0) is 17.5. The molecule has 0 saturated carbocycles. The zero-order valence-corrected chi connectivity index (χ0v) is 19.3. The third-order valence-corrected chi connectivity index (χ3v) is 5.47. The number of hydrogen-bond acceptors (Lipinski definition) is 3. The lowest BCUT2D eigenvalue weighted by molar-refractivity contribution is 0.124. The molecule has 0 amide bonds. The highest BCUT2D eigenvalue weighted by Gasteiger charge is 2.24. The Hall–Kier alpha value is -0.0800. The first-order chi connectivity index (χ1) is 11.5. The van der Waals surface area contributed by atoms with E-state index in [-0.39, 0.29) is 24.0 Å². The lowest BCUT2D eigenvalue weighted by atomic mass is 9.92. The van der Waals surface area contributed by atoms with Crippen molar-refractivity contribution in [2.24, 2.45) is 22.7 Å². The summed E-state index contributed by atoms with van der Waals surface area (Å²) in [7, 11) is 1.92. The smallest absolute Gasteiger partial charge is 0.193 e. The van der Waals surface area contributed by atoms with Crippen LogP contribution in [0.2, 0.25) is 0 Å². The van der Waals surface area contributed by atoms with Gasteiger partial charge in [0.15, 0.2) is 5.96 Å². The highest BCUT2D eigenvalue weighted by Crippen LogP contribution is 2.20. The molecule has 3 atom stereocenters. The van der Waals surface area contributed by atoms with Gasteiger partial charge in [0.25, 0.3) is 0 Å². The first kappa shape index (κ1) is 23.0. The number of nitrogens with zero attached hydrogens (tertiary/aromatic N) is 4. The molecule has 0 spiro atoms. The highest BCUT2D eigenvalue weighted by molar-refractivity contribution is 14.0. The van der Waals surface area contributed by atoms with Gasteiger partial charge in [-0.2, -0.15) is 0 Å². The molecule has 2 aliphatic rings. The normalized spacial score (nSPS) is 27.7. The van der Waals surface area contributed by atoms with E-state index >= 15 is 0 Å². The summed E-state index contributed by atoms with van der Waals surface area (Å²) in [6.07, 6.45) is 1.34. The molecule has 5 nitrogen and oxygen atoms in total. The molecule has 148 valence electrons. The van der Waals surface area contributed by atoms with Crippen LogP contribution in [0.4, 0.5) is 0 Å². The molecule has 1 N–H and O–H groups in total. The number of nitrogens with one attached hydrogen (secondary N) is 1. The van der Waals surface area contributed by atoms with Crippen molar-refractivity contribution >= 4 is 29.9 Å². The van der Waals surface area contributed by atoms with E-state index < -0.39 is 0 Å². The third-order valence-electron chi connectivity index (χ3n) is 5.47. The van der Waals surface area contributed by atoms with Gasteiger partial charge in [0, 0.05) is 59.4 Å². The van der Waals surface area contributed by atoms with Crippen LogP contribution in [0.3, 0.4) is 0 Å². The second kappa shape index (κ2) is 11.6. The second-order valence-electron chi connectivity index (χ2n) is 8.12. The van der Waals surface area contributed by atoms with Crippen LogP contribution in [-0.2, 0) is 0 Å². The standard InChI is InChI=1S/C19H39N5.HI/c1-6-22-7-9-23(10-8-22)13-18(4)12-21-19(20-5)24-14-16(2)11-17(3)15-24;/h16-18H,6-15H2,1-5H3,(H,20,21);1H. The largest absolute Gasteiger partial charge is 0.356 e. The van der Waals surface area contributed by atoms with Crippen molar-refractivity contribution in [3.63, 3.8) is 0 Å². The average Bonchev–Trinajstić information content (AvgIpc) is 2.55. The summed E-state index contributed by atoms with van der Waals surface area (Å²) in [4.78, 5) is 12.1. The van der Waals surface area contributed by atoms with Gasteiger partial charge in [0.1, 0.15) is 0 Å². The molecule has 2 saturated heterocycles. The monoisotopic (exact) mass is 465 g/mol. The topological polar surface area (TPSA) is 34.1 Å². The number of guanidine groups is 1. The average molecular weight is 465 g/mol. The van der Waals surface area contributed by atoms with Gasteiger partial charge in [-0.3, -0.25) is 4.99 Å². The number of piperazine rings is 1.